The molecule has 0 bridgehead atoms. The number of hydrogen-bond donors (Lipinski definition) is 1. The van der Waals surface area contributed by atoms with E-state index in [9.17, 15) is 4.79 Å². The number of rotatable bonds is 5. The van der Waals surface area contributed by atoms with E-state index < -0.39 is 0 Å². The number of benzene rings is 3. The Hall–Kier alpha value is -4.10. The van der Waals surface area contributed by atoms with E-state index >= 15 is 0 Å². The summed E-state index contributed by atoms with van der Waals surface area (Å²) >= 11 is 0. The van der Waals surface area contributed by atoms with Crippen LogP contribution in [0.3, 0.4) is 0 Å². The first-order valence-corrected chi connectivity index (χ1v) is 12.3. The molecule has 36 heavy (non-hydrogen) atoms. The predicted octanol–water partition coefficient (Wildman–Crippen LogP) is 4.33. The van der Waals surface area contributed by atoms with Crippen LogP contribution < -0.4 is 5.56 Å². The third kappa shape index (κ3) is 4.12. The lowest BCUT2D eigenvalue weighted by atomic mass is 9.95. The summed E-state index contributed by atoms with van der Waals surface area (Å²) in [7, 11) is 0. The Morgan fingerprint density at radius 3 is 2.58 bits per heavy atom. The van der Waals surface area contributed by atoms with Crippen LogP contribution in [0.25, 0.3) is 10.9 Å². The summed E-state index contributed by atoms with van der Waals surface area (Å²) in [5.41, 5.74) is 7.40. The Morgan fingerprint density at radius 1 is 0.972 bits per heavy atom. The van der Waals surface area contributed by atoms with Gasteiger partial charge in [0.1, 0.15) is 6.04 Å². The number of tetrazole rings is 1. The molecular formula is C29H28N6O. The average molecular weight is 477 g/mol. The van der Waals surface area contributed by atoms with E-state index in [4.69, 9.17) is 0 Å². The molecular weight excluding hydrogens is 448 g/mol. The predicted molar refractivity (Wildman–Crippen MR) is 140 cm³/mol. The van der Waals surface area contributed by atoms with Crippen molar-refractivity contribution in [3.05, 3.63) is 122 Å². The van der Waals surface area contributed by atoms with Crippen LogP contribution in [-0.4, -0.2) is 36.6 Å². The second kappa shape index (κ2) is 9.17. The molecule has 7 nitrogen and oxygen atoms in total. The zero-order valence-corrected chi connectivity index (χ0v) is 20.5. The third-order valence-corrected chi connectivity index (χ3v) is 7.12. The van der Waals surface area contributed by atoms with Crippen LogP contribution in [0.1, 0.15) is 45.2 Å². The molecule has 0 saturated heterocycles. The van der Waals surface area contributed by atoms with Gasteiger partial charge in [0.25, 0.3) is 5.56 Å². The molecule has 6 rings (SSSR count). The van der Waals surface area contributed by atoms with Gasteiger partial charge in [-0.3, -0.25) is 9.69 Å². The number of nitrogens with zero attached hydrogens (tertiary/aromatic N) is 5. The third-order valence-electron chi connectivity index (χ3n) is 7.12. The van der Waals surface area contributed by atoms with Crippen molar-refractivity contribution in [3.8, 4) is 0 Å². The maximum Gasteiger partial charge on any atom is 0.253 e. The van der Waals surface area contributed by atoms with Gasteiger partial charge in [0, 0.05) is 18.7 Å². The number of nitrogens with one attached hydrogen (secondary N) is 1. The lowest BCUT2D eigenvalue weighted by Gasteiger charge is -2.34. The maximum atomic E-state index is 13.6. The monoisotopic (exact) mass is 476 g/mol. The standard InChI is InChI=1S/C29H28N6O/c1-19-14-20(2)26-24(15-19)16-25(29(36)30-26)27(34-13-12-22-10-6-7-11-23(22)18-34)28-31-32-33-35(28)17-21-8-4-3-5-9-21/h3-11,14-16,27H,12-13,17-18H2,1-2H3,(H,30,36)/t27-/m0/s1. The Labute approximate surface area is 209 Å². The van der Waals surface area contributed by atoms with E-state index in [1.54, 1.807) is 0 Å². The summed E-state index contributed by atoms with van der Waals surface area (Å²) in [5, 5.41) is 13.9. The Balaban J connectivity index is 1.50. The molecule has 5 aromatic rings. The van der Waals surface area contributed by atoms with Crippen LogP contribution >= 0.6 is 0 Å². The van der Waals surface area contributed by atoms with E-state index in [2.05, 4.69) is 80.9 Å². The van der Waals surface area contributed by atoms with Gasteiger partial charge in [-0.1, -0.05) is 66.2 Å². The van der Waals surface area contributed by atoms with Gasteiger partial charge in [0.2, 0.25) is 0 Å². The van der Waals surface area contributed by atoms with Crippen LogP contribution in [0.2, 0.25) is 0 Å². The van der Waals surface area contributed by atoms with Gasteiger partial charge in [-0.15, -0.1) is 5.10 Å². The van der Waals surface area contributed by atoms with Gasteiger partial charge >= 0.3 is 0 Å². The smallest absolute Gasteiger partial charge is 0.253 e. The summed E-state index contributed by atoms with van der Waals surface area (Å²) in [6.07, 6.45) is 0.913. The van der Waals surface area contributed by atoms with Crippen LogP contribution in [0.5, 0.6) is 0 Å². The molecule has 0 aliphatic carbocycles. The minimum absolute atomic E-state index is 0.104. The molecule has 1 N–H and O–H groups in total. The molecule has 1 aliphatic heterocycles. The van der Waals surface area contributed by atoms with Gasteiger partial charge in [0.05, 0.1) is 12.1 Å². The van der Waals surface area contributed by atoms with E-state index in [1.165, 1.54) is 11.1 Å². The van der Waals surface area contributed by atoms with Crippen molar-refractivity contribution in [1.29, 1.82) is 0 Å². The molecule has 2 aromatic heterocycles. The van der Waals surface area contributed by atoms with Crippen LogP contribution in [0.4, 0.5) is 0 Å². The fourth-order valence-corrected chi connectivity index (χ4v) is 5.42. The molecule has 0 unspecified atom stereocenters. The number of H-pyrrole nitrogens is 1. The van der Waals surface area contributed by atoms with E-state index in [0.717, 1.165) is 47.1 Å². The fourth-order valence-electron chi connectivity index (χ4n) is 5.42. The van der Waals surface area contributed by atoms with Gasteiger partial charge in [-0.05, 0) is 70.5 Å². The number of aromatic nitrogens is 5. The fraction of sp³-hybridized carbons (Fsp3) is 0.241. The highest BCUT2D eigenvalue weighted by Crippen LogP contribution is 2.32. The Bertz CT molecular complexity index is 1600. The summed E-state index contributed by atoms with van der Waals surface area (Å²) in [6, 6.07) is 24.5. The van der Waals surface area contributed by atoms with Gasteiger partial charge in [-0.2, -0.15) is 0 Å². The Morgan fingerprint density at radius 2 is 1.75 bits per heavy atom. The van der Waals surface area contributed by atoms with Gasteiger partial charge in [0.15, 0.2) is 5.82 Å². The summed E-state index contributed by atoms with van der Waals surface area (Å²) < 4.78 is 1.83. The molecule has 0 amide bonds. The summed E-state index contributed by atoms with van der Waals surface area (Å²) in [6.45, 7) is 6.18. The molecule has 7 heteroatoms. The van der Waals surface area contributed by atoms with Crippen molar-refractivity contribution in [2.45, 2.75) is 39.4 Å². The number of hydrogen-bond acceptors (Lipinski definition) is 5. The highest BCUT2D eigenvalue weighted by atomic mass is 16.1. The number of fused-ring (bicyclic) bond motifs is 2. The van der Waals surface area contributed by atoms with Crippen molar-refractivity contribution in [3.63, 3.8) is 0 Å². The summed E-state index contributed by atoms with van der Waals surface area (Å²) in [5.74, 6) is 0.674. The van der Waals surface area contributed by atoms with Crippen LogP contribution in [0.15, 0.2) is 77.6 Å². The molecule has 180 valence electrons. The van der Waals surface area contributed by atoms with E-state index in [-0.39, 0.29) is 11.6 Å². The number of aromatic amines is 1. The first-order chi connectivity index (χ1) is 17.6. The quantitative estimate of drug-likeness (QED) is 0.409. The Kier molecular flexibility index (Phi) is 5.70. The minimum atomic E-state index is -0.383. The SMILES string of the molecule is Cc1cc(C)c2[nH]c(=O)c([C@@H](c3nnnn3Cc3ccccc3)N3CCc4ccccc4C3)cc2c1. The second-order valence-corrected chi connectivity index (χ2v) is 9.67. The largest absolute Gasteiger partial charge is 0.321 e. The van der Waals surface area contributed by atoms with Crippen molar-refractivity contribution in [2.75, 3.05) is 6.54 Å². The van der Waals surface area contributed by atoms with Crippen molar-refractivity contribution >= 4 is 10.9 Å². The highest BCUT2D eigenvalue weighted by molar-refractivity contribution is 5.83. The van der Waals surface area contributed by atoms with E-state index in [0.29, 0.717) is 17.9 Å². The molecule has 1 aliphatic rings. The minimum Gasteiger partial charge on any atom is -0.321 e. The highest BCUT2D eigenvalue weighted by Gasteiger charge is 2.32. The molecule has 0 fully saturated rings. The topological polar surface area (TPSA) is 79.7 Å². The normalized spacial score (nSPS) is 14.6. The molecule has 1 atom stereocenters. The molecule has 3 heterocycles. The van der Waals surface area contributed by atoms with Crippen molar-refractivity contribution in [1.82, 2.24) is 30.1 Å². The molecule has 3 aromatic carbocycles. The molecule has 0 spiro atoms. The van der Waals surface area contributed by atoms with Crippen molar-refractivity contribution in [2.24, 2.45) is 0 Å². The first-order valence-electron chi connectivity index (χ1n) is 12.3. The van der Waals surface area contributed by atoms with Crippen molar-refractivity contribution < 1.29 is 0 Å². The van der Waals surface area contributed by atoms with Crippen LogP contribution in [-0.2, 0) is 19.5 Å². The molecule has 0 saturated carbocycles. The van der Waals surface area contributed by atoms with Crippen LogP contribution in [0, 0.1) is 13.8 Å². The maximum absolute atomic E-state index is 13.6. The zero-order valence-electron chi connectivity index (χ0n) is 20.5. The zero-order chi connectivity index (χ0) is 24.6. The lowest BCUT2D eigenvalue weighted by molar-refractivity contribution is 0.194. The van der Waals surface area contributed by atoms with E-state index in [1.807, 2.05) is 35.9 Å². The van der Waals surface area contributed by atoms with Gasteiger partial charge < -0.3 is 4.98 Å². The summed E-state index contributed by atoms with van der Waals surface area (Å²) in [4.78, 5) is 19.1. The number of aryl methyl sites for hydroxylation is 2. The lowest BCUT2D eigenvalue weighted by Crippen LogP contribution is -2.38. The number of pyridine rings is 1. The average Bonchev–Trinajstić information content (AvgIpc) is 3.33. The first kappa shape index (κ1) is 22.4. The second-order valence-electron chi connectivity index (χ2n) is 9.67. The molecule has 0 radical (unpaired) electrons. The van der Waals surface area contributed by atoms with Gasteiger partial charge in [-0.25, -0.2) is 4.68 Å².